The van der Waals surface area contributed by atoms with Gasteiger partial charge < -0.3 is 9.30 Å². The van der Waals surface area contributed by atoms with Crippen molar-refractivity contribution < 1.29 is 14.3 Å². The lowest BCUT2D eigenvalue weighted by Gasteiger charge is -2.12. The standard InChI is InChI=1S/C27H21ClN2O3S/c28-21-8-6-7-19(15-21)17-30-26(31)25(34-27(30)32)16-20-18-29(24-12-5-4-11-23(20)24)13-14-33-22-9-2-1-3-10-22/h1-12,15-16,18H,13-14,17H2/b25-16-. The SMILES string of the molecule is O=C1S/C(=C\c2cn(CCOc3ccccc3)c3ccccc23)C(=O)N1Cc1cccc(Cl)c1. The highest BCUT2D eigenvalue weighted by molar-refractivity contribution is 8.18. The van der Waals surface area contributed by atoms with Crippen molar-refractivity contribution in [1.82, 2.24) is 9.47 Å². The van der Waals surface area contributed by atoms with Gasteiger partial charge in [-0.25, -0.2) is 0 Å². The Balaban J connectivity index is 1.37. The van der Waals surface area contributed by atoms with Crippen molar-refractivity contribution in [2.24, 2.45) is 0 Å². The smallest absolute Gasteiger partial charge is 0.293 e. The molecule has 1 aromatic heterocycles. The van der Waals surface area contributed by atoms with Gasteiger partial charge in [0.1, 0.15) is 12.4 Å². The Morgan fingerprint density at radius 3 is 2.56 bits per heavy atom. The minimum absolute atomic E-state index is 0.196. The van der Waals surface area contributed by atoms with E-state index in [1.807, 2.05) is 72.9 Å². The monoisotopic (exact) mass is 488 g/mol. The largest absolute Gasteiger partial charge is 0.492 e. The molecule has 4 aromatic rings. The topological polar surface area (TPSA) is 51.5 Å². The third-order valence-electron chi connectivity index (χ3n) is 5.55. The van der Waals surface area contributed by atoms with E-state index in [0.717, 1.165) is 39.5 Å². The molecular weight excluding hydrogens is 468 g/mol. The van der Waals surface area contributed by atoms with Gasteiger partial charge in [-0.2, -0.15) is 0 Å². The second-order valence-electron chi connectivity index (χ2n) is 7.85. The first-order valence-electron chi connectivity index (χ1n) is 10.8. The van der Waals surface area contributed by atoms with Crippen LogP contribution in [0.15, 0.2) is 90.0 Å². The predicted molar refractivity (Wildman–Crippen MR) is 137 cm³/mol. The number of fused-ring (bicyclic) bond motifs is 1. The summed E-state index contributed by atoms with van der Waals surface area (Å²) in [7, 11) is 0. The van der Waals surface area contributed by atoms with E-state index >= 15 is 0 Å². The second kappa shape index (κ2) is 9.79. The maximum absolute atomic E-state index is 13.0. The van der Waals surface area contributed by atoms with Gasteiger partial charge in [0.05, 0.1) is 18.0 Å². The maximum Gasteiger partial charge on any atom is 0.293 e. The molecule has 3 aromatic carbocycles. The summed E-state index contributed by atoms with van der Waals surface area (Å²) in [5.41, 5.74) is 2.75. The van der Waals surface area contributed by atoms with Gasteiger partial charge in [-0.05, 0) is 53.7 Å². The predicted octanol–water partition coefficient (Wildman–Crippen LogP) is 6.61. The number of carbonyl (C=O) groups excluding carboxylic acids is 2. The van der Waals surface area contributed by atoms with Crippen LogP contribution < -0.4 is 4.74 Å². The molecule has 2 heterocycles. The highest BCUT2D eigenvalue weighted by Gasteiger charge is 2.35. The number of halogens is 1. The van der Waals surface area contributed by atoms with Crippen LogP contribution in [0.3, 0.4) is 0 Å². The number of benzene rings is 3. The van der Waals surface area contributed by atoms with Gasteiger partial charge in [-0.3, -0.25) is 14.5 Å². The van der Waals surface area contributed by atoms with Crippen LogP contribution in [0.5, 0.6) is 5.75 Å². The molecule has 170 valence electrons. The first kappa shape index (κ1) is 22.3. The first-order chi connectivity index (χ1) is 16.6. The molecule has 1 saturated heterocycles. The van der Waals surface area contributed by atoms with Gasteiger partial charge in [0, 0.05) is 27.7 Å². The fourth-order valence-corrected chi connectivity index (χ4v) is 4.99. The van der Waals surface area contributed by atoms with Gasteiger partial charge in [-0.1, -0.05) is 60.1 Å². The van der Waals surface area contributed by atoms with Crippen LogP contribution in [0.25, 0.3) is 17.0 Å². The number of ether oxygens (including phenoxy) is 1. The number of carbonyl (C=O) groups is 2. The summed E-state index contributed by atoms with van der Waals surface area (Å²) in [5, 5.41) is 1.31. The molecule has 0 saturated carbocycles. The van der Waals surface area contributed by atoms with Crippen molar-refractivity contribution in [3.05, 3.63) is 106 Å². The van der Waals surface area contributed by atoms with Crippen molar-refractivity contribution in [2.45, 2.75) is 13.1 Å². The lowest BCUT2D eigenvalue weighted by atomic mass is 10.1. The molecule has 0 N–H and O–H groups in total. The fraction of sp³-hybridized carbons (Fsp3) is 0.111. The Morgan fingerprint density at radius 1 is 0.941 bits per heavy atom. The second-order valence-corrected chi connectivity index (χ2v) is 9.28. The Bertz CT molecular complexity index is 1400. The molecule has 7 heteroatoms. The number of hydrogen-bond donors (Lipinski definition) is 0. The summed E-state index contributed by atoms with van der Waals surface area (Å²) in [6.07, 6.45) is 3.81. The van der Waals surface area contributed by atoms with Crippen molar-refractivity contribution >= 4 is 51.5 Å². The van der Waals surface area contributed by atoms with Crippen LogP contribution in [-0.2, 0) is 17.9 Å². The van der Waals surface area contributed by atoms with Crippen LogP contribution >= 0.6 is 23.4 Å². The zero-order chi connectivity index (χ0) is 23.5. The molecule has 0 unspecified atom stereocenters. The number of imide groups is 1. The molecule has 1 fully saturated rings. The Kier molecular flexibility index (Phi) is 6.43. The summed E-state index contributed by atoms with van der Waals surface area (Å²) in [5.74, 6) is 0.534. The molecule has 5 rings (SSSR count). The molecular formula is C27H21ClN2O3S. The van der Waals surface area contributed by atoms with Gasteiger partial charge >= 0.3 is 0 Å². The van der Waals surface area contributed by atoms with Gasteiger partial charge in [0.2, 0.25) is 0 Å². The van der Waals surface area contributed by atoms with E-state index < -0.39 is 0 Å². The van der Waals surface area contributed by atoms with Crippen molar-refractivity contribution in [3.8, 4) is 5.75 Å². The van der Waals surface area contributed by atoms with Crippen molar-refractivity contribution in [1.29, 1.82) is 0 Å². The maximum atomic E-state index is 13.0. The van der Waals surface area contributed by atoms with Crippen LogP contribution in [0.1, 0.15) is 11.1 Å². The third-order valence-corrected chi connectivity index (χ3v) is 6.70. The Labute approximate surface area is 206 Å². The summed E-state index contributed by atoms with van der Waals surface area (Å²) < 4.78 is 7.97. The normalized spacial score (nSPS) is 15.0. The summed E-state index contributed by atoms with van der Waals surface area (Å²) >= 11 is 7.02. The zero-order valence-electron chi connectivity index (χ0n) is 18.2. The number of aromatic nitrogens is 1. The number of nitrogens with zero attached hydrogens (tertiary/aromatic N) is 2. The number of amides is 2. The quantitative estimate of drug-likeness (QED) is 0.275. The molecule has 5 nitrogen and oxygen atoms in total. The molecule has 0 bridgehead atoms. The summed E-state index contributed by atoms with van der Waals surface area (Å²) in [6.45, 7) is 1.36. The van der Waals surface area contributed by atoms with Crippen LogP contribution in [0.4, 0.5) is 4.79 Å². The number of para-hydroxylation sites is 2. The minimum atomic E-state index is -0.292. The van der Waals surface area contributed by atoms with E-state index in [4.69, 9.17) is 16.3 Å². The third kappa shape index (κ3) is 4.74. The van der Waals surface area contributed by atoms with Crippen LogP contribution in [0, 0.1) is 0 Å². The van der Waals surface area contributed by atoms with Gasteiger partial charge in [-0.15, -0.1) is 0 Å². The number of hydrogen-bond acceptors (Lipinski definition) is 4. The number of rotatable bonds is 7. The minimum Gasteiger partial charge on any atom is -0.492 e. The highest BCUT2D eigenvalue weighted by Crippen LogP contribution is 2.35. The lowest BCUT2D eigenvalue weighted by molar-refractivity contribution is -0.123. The molecule has 2 amide bonds. The average molecular weight is 489 g/mol. The molecule has 0 radical (unpaired) electrons. The molecule has 1 aliphatic heterocycles. The van der Waals surface area contributed by atoms with Crippen molar-refractivity contribution in [2.75, 3.05) is 6.61 Å². The Hall–Kier alpha value is -3.48. The van der Waals surface area contributed by atoms with Gasteiger partial charge in [0.25, 0.3) is 11.1 Å². The molecule has 0 spiro atoms. The average Bonchev–Trinajstić information content (AvgIpc) is 3.32. The van der Waals surface area contributed by atoms with Crippen LogP contribution in [0.2, 0.25) is 5.02 Å². The highest BCUT2D eigenvalue weighted by atomic mass is 35.5. The molecule has 1 aliphatic rings. The molecule has 0 aliphatic carbocycles. The number of thioether (sulfide) groups is 1. The van der Waals surface area contributed by atoms with E-state index in [-0.39, 0.29) is 17.7 Å². The molecule has 0 atom stereocenters. The van der Waals surface area contributed by atoms with Gasteiger partial charge in [0.15, 0.2) is 0 Å². The zero-order valence-corrected chi connectivity index (χ0v) is 19.8. The summed E-state index contributed by atoms with van der Waals surface area (Å²) in [4.78, 5) is 27.3. The lowest BCUT2D eigenvalue weighted by Crippen LogP contribution is -2.27. The van der Waals surface area contributed by atoms with E-state index in [9.17, 15) is 9.59 Å². The van der Waals surface area contributed by atoms with E-state index in [1.54, 1.807) is 18.2 Å². The van der Waals surface area contributed by atoms with Crippen molar-refractivity contribution in [3.63, 3.8) is 0 Å². The fourth-order valence-electron chi connectivity index (χ4n) is 3.95. The first-order valence-corrected chi connectivity index (χ1v) is 12.0. The Morgan fingerprint density at radius 2 is 1.74 bits per heavy atom. The van der Waals surface area contributed by atoms with E-state index in [2.05, 4.69) is 4.57 Å². The van der Waals surface area contributed by atoms with E-state index in [0.29, 0.717) is 23.1 Å². The van der Waals surface area contributed by atoms with Crippen LogP contribution in [-0.4, -0.2) is 27.2 Å². The summed E-state index contributed by atoms with van der Waals surface area (Å²) in [6, 6.07) is 24.9. The van der Waals surface area contributed by atoms with E-state index in [1.165, 1.54) is 4.90 Å². The molecule has 34 heavy (non-hydrogen) atoms.